The van der Waals surface area contributed by atoms with Gasteiger partial charge in [-0.3, -0.25) is 14.6 Å². The van der Waals surface area contributed by atoms with Crippen molar-refractivity contribution in [2.24, 2.45) is 0 Å². The van der Waals surface area contributed by atoms with E-state index in [-0.39, 0.29) is 17.6 Å². The molecule has 0 radical (unpaired) electrons. The Kier molecular flexibility index (Phi) is 5.69. The fraction of sp³-hybridized carbons (Fsp3) is 0.480. The maximum absolute atomic E-state index is 13.7. The van der Waals surface area contributed by atoms with Gasteiger partial charge < -0.3 is 14.4 Å². The first-order valence-electron chi connectivity index (χ1n) is 11.2. The van der Waals surface area contributed by atoms with Gasteiger partial charge in [-0.1, -0.05) is 42.5 Å². The number of methoxy groups -OCH3 is 1. The number of hydrogen-bond acceptors (Lipinski definition) is 5. The third-order valence-corrected chi connectivity index (χ3v) is 7.09. The molecule has 1 spiro atoms. The first-order chi connectivity index (χ1) is 15.2. The number of rotatable bonds is 5. The van der Waals surface area contributed by atoms with Gasteiger partial charge in [-0.2, -0.15) is 0 Å². The Morgan fingerprint density at radius 2 is 1.68 bits per heavy atom. The van der Waals surface area contributed by atoms with Gasteiger partial charge in [0.25, 0.3) is 0 Å². The number of piperazine rings is 1. The average molecular weight is 422 g/mol. The van der Waals surface area contributed by atoms with Gasteiger partial charge in [0.05, 0.1) is 20.3 Å². The van der Waals surface area contributed by atoms with Crippen molar-refractivity contribution in [1.82, 2.24) is 14.7 Å². The van der Waals surface area contributed by atoms with Crippen molar-refractivity contribution in [2.45, 2.75) is 37.6 Å². The summed E-state index contributed by atoms with van der Waals surface area (Å²) in [7, 11) is 1.69. The van der Waals surface area contributed by atoms with E-state index in [0.717, 1.165) is 58.0 Å². The highest BCUT2D eigenvalue weighted by Gasteiger charge is 2.57. The Morgan fingerprint density at radius 3 is 2.39 bits per heavy atom. The Labute approximate surface area is 184 Å². The van der Waals surface area contributed by atoms with Gasteiger partial charge in [-0.25, -0.2) is 0 Å². The molecule has 6 nitrogen and oxygen atoms in total. The number of fused-ring (bicyclic) bond motifs is 2. The van der Waals surface area contributed by atoms with Crippen molar-refractivity contribution < 1.29 is 14.3 Å². The Hall–Kier alpha value is -2.41. The van der Waals surface area contributed by atoms with E-state index in [1.165, 1.54) is 11.1 Å². The standard InChI is InChI=1S/C25H31N3O3/c1-30-22-9-7-21(8-10-22)17-26-13-14-27-23(19-26)24(29)28(18-20-5-3-2-4-6-20)25(27)11-15-31-16-12-25/h2-10,23H,11-19H2,1H3/t23-/m1/s1. The minimum absolute atomic E-state index is 0.0752. The minimum atomic E-state index is -0.206. The smallest absolute Gasteiger partial charge is 0.243 e. The van der Waals surface area contributed by atoms with Crippen LogP contribution < -0.4 is 4.74 Å². The highest BCUT2D eigenvalue weighted by molar-refractivity contribution is 5.85. The highest BCUT2D eigenvalue weighted by atomic mass is 16.5. The average Bonchev–Trinajstić information content (AvgIpc) is 3.03. The molecule has 0 aromatic heterocycles. The third-order valence-electron chi connectivity index (χ3n) is 7.09. The summed E-state index contributed by atoms with van der Waals surface area (Å²) < 4.78 is 11.0. The molecule has 0 saturated carbocycles. The number of carbonyl (C=O) groups excluding carboxylic acids is 1. The van der Waals surface area contributed by atoms with Crippen LogP contribution in [0.3, 0.4) is 0 Å². The van der Waals surface area contributed by atoms with Crippen molar-refractivity contribution in [3.8, 4) is 5.75 Å². The molecular formula is C25H31N3O3. The first kappa shape index (κ1) is 20.5. The molecule has 3 aliphatic rings. The molecule has 164 valence electrons. The molecule has 6 heteroatoms. The van der Waals surface area contributed by atoms with Crippen molar-refractivity contribution in [2.75, 3.05) is 40.0 Å². The SMILES string of the molecule is COc1ccc(CN2CCN3[C@H](C2)C(=O)N(Cc2ccccc2)C32CCOCC2)cc1. The van der Waals surface area contributed by atoms with E-state index >= 15 is 0 Å². The predicted octanol–water partition coefficient (Wildman–Crippen LogP) is 2.73. The molecule has 3 fully saturated rings. The summed E-state index contributed by atoms with van der Waals surface area (Å²) in [6, 6.07) is 18.5. The molecule has 3 heterocycles. The fourth-order valence-corrected chi connectivity index (χ4v) is 5.47. The summed E-state index contributed by atoms with van der Waals surface area (Å²) in [4.78, 5) is 20.8. The molecule has 5 rings (SSSR count). The number of nitrogens with zero attached hydrogens (tertiary/aromatic N) is 3. The van der Waals surface area contributed by atoms with Gasteiger partial charge in [-0.05, 0) is 23.3 Å². The van der Waals surface area contributed by atoms with Crippen molar-refractivity contribution in [3.63, 3.8) is 0 Å². The van der Waals surface area contributed by atoms with E-state index in [9.17, 15) is 4.79 Å². The number of hydrogen-bond donors (Lipinski definition) is 0. The molecule has 0 bridgehead atoms. The highest BCUT2D eigenvalue weighted by Crippen LogP contribution is 2.42. The van der Waals surface area contributed by atoms with E-state index in [1.807, 2.05) is 18.2 Å². The molecule has 0 aliphatic carbocycles. The second-order valence-electron chi connectivity index (χ2n) is 8.80. The van der Waals surface area contributed by atoms with E-state index in [1.54, 1.807) is 7.11 Å². The lowest BCUT2D eigenvalue weighted by Crippen LogP contribution is -2.61. The Balaban J connectivity index is 1.36. The van der Waals surface area contributed by atoms with Gasteiger partial charge in [0.15, 0.2) is 0 Å². The lowest BCUT2D eigenvalue weighted by atomic mass is 9.96. The monoisotopic (exact) mass is 421 g/mol. The van der Waals surface area contributed by atoms with E-state index in [2.05, 4.69) is 51.1 Å². The van der Waals surface area contributed by atoms with Crippen LogP contribution in [-0.4, -0.2) is 72.3 Å². The largest absolute Gasteiger partial charge is 0.497 e. The molecule has 1 amide bonds. The molecular weight excluding hydrogens is 390 g/mol. The molecule has 31 heavy (non-hydrogen) atoms. The van der Waals surface area contributed by atoms with Crippen LogP contribution in [0, 0.1) is 0 Å². The first-order valence-corrected chi connectivity index (χ1v) is 11.2. The third kappa shape index (κ3) is 3.84. The summed E-state index contributed by atoms with van der Waals surface area (Å²) in [6.07, 6.45) is 1.78. The van der Waals surface area contributed by atoms with Crippen molar-refractivity contribution in [3.05, 3.63) is 65.7 Å². The van der Waals surface area contributed by atoms with Gasteiger partial charge in [0.2, 0.25) is 5.91 Å². The van der Waals surface area contributed by atoms with Crippen molar-refractivity contribution in [1.29, 1.82) is 0 Å². The summed E-state index contributed by atoms with van der Waals surface area (Å²) >= 11 is 0. The zero-order valence-electron chi connectivity index (χ0n) is 18.2. The van der Waals surface area contributed by atoms with Gasteiger partial charge in [-0.15, -0.1) is 0 Å². The molecule has 3 aliphatic heterocycles. The van der Waals surface area contributed by atoms with E-state index < -0.39 is 0 Å². The molecule has 0 N–H and O–H groups in total. The number of ether oxygens (including phenoxy) is 2. The zero-order chi connectivity index (χ0) is 21.3. The van der Waals surface area contributed by atoms with Crippen molar-refractivity contribution >= 4 is 5.91 Å². The Bertz CT molecular complexity index is 896. The summed E-state index contributed by atoms with van der Waals surface area (Å²) in [5.41, 5.74) is 2.24. The summed E-state index contributed by atoms with van der Waals surface area (Å²) in [5.74, 6) is 1.14. The van der Waals surface area contributed by atoms with Gasteiger partial charge in [0, 0.05) is 45.6 Å². The lowest BCUT2D eigenvalue weighted by molar-refractivity contribution is -0.137. The number of benzene rings is 2. The maximum Gasteiger partial charge on any atom is 0.243 e. The van der Waals surface area contributed by atoms with Gasteiger partial charge >= 0.3 is 0 Å². The summed E-state index contributed by atoms with van der Waals surface area (Å²) in [5, 5.41) is 0. The van der Waals surface area contributed by atoms with E-state index in [4.69, 9.17) is 9.47 Å². The second-order valence-corrected chi connectivity index (χ2v) is 8.80. The molecule has 2 aromatic rings. The normalized spacial score (nSPS) is 23.8. The minimum Gasteiger partial charge on any atom is -0.497 e. The van der Waals surface area contributed by atoms with Crippen LogP contribution in [0.2, 0.25) is 0 Å². The topological polar surface area (TPSA) is 45.2 Å². The molecule has 3 saturated heterocycles. The van der Waals surface area contributed by atoms with Crippen LogP contribution in [0.4, 0.5) is 0 Å². The van der Waals surface area contributed by atoms with Crippen LogP contribution in [-0.2, 0) is 22.6 Å². The van der Waals surface area contributed by atoms with Crippen LogP contribution in [0.15, 0.2) is 54.6 Å². The van der Waals surface area contributed by atoms with Crippen LogP contribution >= 0.6 is 0 Å². The Morgan fingerprint density at radius 1 is 0.968 bits per heavy atom. The quantitative estimate of drug-likeness (QED) is 0.743. The maximum atomic E-state index is 13.7. The lowest BCUT2D eigenvalue weighted by Gasteiger charge is -2.49. The van der Waals surface area contributed by atoms with Crippen LogP contribution in [0.1, 0.15) is 24.0 Å². The number of amides is 1. The van der Waals surface area contributed by atoms with Crippen LogP contribution in [0.25, 0.3) is 0 Å². The van der Waals surface area contributed by atoms with E-state index in [0.29, 0.717) is 6.54 Å². The molecule has 2 aromatic carbocycles. The zero-order valence-corrected chi connectivity index (χ0v) is 18.2. The predicted molar refractivity (Wildman–Crippen MR) is 119 cm³/mol. The fourth-order valence-electron chi connectivity index (χ4n) is 5.47. The van der Waals surface area contributed by atoms with Gasteiger partial charge in [0.1, 0.15) is 17.5 Å². The molecule has 1 atom stereocenters. The summed E-state index contributed by atoms with van der Waals surface area (Å²) in [6.45, 7) is 5.63. The molecule has 0 unspecified atom stereocenters. The second kappa shape index (κ2) is 8.61. The van der Waals surface area contributed by atoms with Crippen LogP contribution in [0.5, 0.6) is 5.75 Å². The number of carbonyl (C=O) groups is 1.